The predicted molar refractivity (Wildman–Crippen MR) is 71.8 cm³/mol. The minimum Gasteiger partial charge on any atom is -0.313 e. The molecule has 0 radical (unpaired) electrons. The number of aryl methyl sites for hydroxylation is 1. The van der Waals surface area contributed by atoms with Crippen LogP contribution in [0.2, 0.25) is 0 Å². The third-order valence-corrected chi connectivity index (χ3v) is 3.22. The van der Waals surface area contributed by atoms with Crippen LogP contribution in [0, 0.1) is 18.2 Å². The van der Waals surface area contributed by atoms with Crippen molar-refractivity contribution in [2.75, 3.05) is 6.54 Å². The molecule has 0 aliphatic rings. The van der Waals surface area contributed by atoms with Gasteiger partial charge in [0.05, 0.1) is 0 Å². The molecule has 1 N–H and O–H groups in total. The number of hydrogen-bond acceptors (Lipinski definition) is 1. The molecule has 0 bridgehead atoms. The fourth-order valence-corrected chi connectivity index (χ4v) is 2.04. The normalized spacial score (nSPS) is 13.8. The second-order valence-electron chi connectivity index (χ2n) is 5.75. The molecule has 96 valence electrons. The van der Waals surface area contributed by atoms with Crippen LogP contribution >= 0.6 is 0 Å². The minimum absolute atomic E-state index is 0.151. The molecule has 1 unspecified atom stereocenters. The Balaban J connectivity index is 2.86. The summed E-state index contributed by atoms with van der Waals surface area (Å²) in [6.45, 7) is 11.8. The fourth-order valence-electron chi connectivity index (χ4n) is 2.04. The summed E-state index contributed by atoms with van der Waals surface area (Å²) in [7, 11) is 0. The zero-order chi connectivity index (χ0) is 13.1. The van der Waals surface area contributed by atoms with Crippen molar-refractivity contribution in [3.05, 3.63) is 35.1 Å². The van der Waals surface area contributed by atoms with Crippen LogP contribution in [0.15, 0.2) is 18.2 Å². The summed E-state index contributed by atoms with van der Waals surface area (Å²) in [6.07, 6.45) is 0.948. The lowest BCUT2D eigenvalue weighted by molar-refractivity contribution is 0.270. The summed E-state index contributed by atoms with van der Waals surface area (Å²) in [5, 5.41) is 3.52. The zero-order valence-electron chi connectivity index (χ0n) is 11.6. The number of hydrogen-bond donors (Lipinski definition) is 1. The molecule has 0 saturated heterocycles. The van der Waals surface area contributed by atoms with Gasteiger partial charge in [0.2, 0.25) is 0 Å². The lowest BCUT2D eigenvalue weighted by atomic mass is 9.82. The van der Waals surface area contributed by atoms with Crippen molar-refractivity contribution in [2.24, 2.45) is 5.41 Å². The van der Waals surface area contributed by atoms with Crippen LogP contribution in [-0.4, -0.2) is 12.6 Å². The number of benzene rings is 1. The van der Waals surface area contributed by atoms with Gasteiger partial charge in [-0.05, 0) is 48.6 Å². The lowest BCUT2D eigenvalue weighted by Gasteiger charge is -2.32. The third-order valence-electron chi connectivity index (χ3n) is 3.22. The fraction of sp³-hybridized carbons (Fsp3) is 0.600. The quantitative estimate of drug-likeness (QED) is 0.842. The van der Waals surface area contributed by atoms with Crippen molar-refractivity contribution in [1.29, 1.82) is 0 Å². The van der Waals surface area contributed by atoms with Crippen LogP contribution in [-0.2, 0) is 6.42 Å². The molecule has 1 aromatic rings. The summed E-state index contributed by atoms with van der Waals surface area (Å²) < 4.78 is 13.1. The van der Waals surface area contributed by atoms with Crippen molar-refractivity contribution in [1.82, 2.24) is 5.32 Å². The SMILES string of the molecule is CCNC(Cc1ccc(F)cc1C)C(C)(C)C. The van der Waals surface area contributed by atoms with Crippen molar-refractivity contribution in [3.63, 3.8) is 0 Å². The highest BCUT2D eigenvalue weighted by molar-refractivity contribution is 5.27. The highest BCUT2D eigenvalue weighted by atomic mass is 19.1. The van der Waals surface area contributed by atoms with Crippen LogP contribution < -0.4 is 5.32 Å². The van der Waals surface area contributed by atoms with E-state index < -0.39 is 0 Å². The number of nitrogens with one attached hydrogen (secondary N) is 1. The van der Waals surface area contributed by atoms with E-state index in [2.05, 4.69) is 33.0 Å². The van der Waals surface area contributed by atoms with Gasteiger partial charge < -0.3 is 5.32 Å². The predicted octanol–water partition coefficient (Wildman–Crippen LogP) is 3.70. The Morgan fingerprint density at radius 1 is 1.29 bits per heavy atom. The topological polar surface area (TPSA) is 12.0 Å². The number of likely N-dealkylation sites (N-methyl/N-ethyl adjacent to an activating group) is 1. The van der Waals surface area contributed by atoms with Gasteiger partial charge in [-0.2, -0.15) is 0 Å². The zero-order valence-corrected chi connectivity index (χ0v) is 11.6. The van der Waals surface area contributed by atoms with E-state index in [4.69, 9.17) is 0 Å². The molecule has 1 nitrogen and oxygen atoms in total. The first-order chi connectivity index (χ1) is 7.84. The largest absolute Gasteiger partial charge is 0.313 e. The maximum absolute atomic E-state index is 13.1. The van der Waals surface area contributed by atoms with Crippen LogP contribution in [0.4, 0.5) is 4.39 Å². The van der Waals surface area contributed by atoms with E-state index in [9.17, 15) is 4.39 Å². The van der Waals surface area contributed by atoms with E-state index in [-0.39, 0.29) is 11.2 Å². The van der Waals surface area contributed by atoms with E-state index in [0.717, 1.165) is 18.5 Å². The third kappa shape index (κ3) is 4.12. The molecule has 0 aromatic heterocycles. The Morgan fingerprint density at radius 3 is 2.41 bits per heavy atom. The van der Waals surface area contributed by atoms with Gasteiger partial charge in [0.25, 0.3) is 0 Å². The molecule has 0 aliphatic heterocycles. The van der Waals surface area contributed by atoms with Crippen LogP contribution in [0.5, 0.6) is 0 Å². The van der Waals surface area contributed by atoms with Gasteiger partial charge in [-0.1, -0.05) is 33.8 Å². The molecule has 1 atom stereocenters. The molecule has 2 heteroatoms. The molecule has 1 aromatic carbocycles. The summed E-state index contributed by atoms with van der Waals surface area (Å²) in [5.41, 5.74) is 2.47. The molecule has 1 rings (SSSR count). The van der Waals surface area contributed by atoms with Gasteiger partial charge in [-0.15, -0.1) is 0 Å². The average Bonchev–Trinajstić information content (AvgIpc) is 2.19. The van der Waals surface area contributed by atoms with E-state index >= 15 is 0 Å². The molecular formula is C15H24FN. The number of rotatable bonds is 4. The molecular weight excluding hydrogens is 213 g/mol. The van der Waals surface area contributed by atoms with E-state index in [1.165, 1.54) is 5.56 Å². The van der Waals surface area contributed by atoms with Crippen molar-refractivity contribution in [3.8, 4) is 0 Å². The molecule has 0 heterocycles. The molecule has 0 fully saturated rings. The van der Waals surface area contributed by atoms with Gasteiger partial charge in [0, 0.05) is 6.04 Å². The van der Waals surface area contributed by atoms with E-state index in [0.29, 0.717) is 6.04 Å². The molecule has 17 heavy (non-hydrogen) atoms. The van der Waals surface area contributed by atoms with Crippen LogP contribution in [0.3, 0.4) is 0 Å². The van der Waals surface area contributed by atoms with E-state index in [1.54, 1.807) is 12.1 Å². The average molecular weight is 237 g/mol. The lowest BCUT2D eigenvalue weighted by Crippen LogP contribution is -2.42. The first-order valence-electron chi connectivity index (χ1n) is 6.33. The smallest absolute Gasteiger partial charge is 0.123 e. The molecule has 0 spiro atoms. The summed E-state index contributed by atoms with van der Waals surface area (Å²) in [4.78, 5) is 0. The Bertz CT molecular complexity index is 366. The molecule has 0 aliphatic carbocycles. The highest BCUT2D eigenvalue weighted by Crippen LogP contribution is 2.24. The Kier molecular flexibility index (Phi) is 4.70. The van der Waals surface area contributed by atoms with Gasteiger partial charge >= 0.3 is 0 Å². The van der Waals surface area contributed by atoms with Crippen molar-refractivity contribution < 1.29 is 4.39 Å². The van der Waals surface area contributed by atoms with Crippen LogP contribution in [0.25, 0.3) is 0 Å². The van der Waals surface area contributed by atoms with Crippen molar-refractivity contribution in [2.45, 2.75) is 47.1 Å². The first kappa shape index (κ1) is 14.2. The van der Waals surface area contributed by atoms with E-state index in [1.807, 2.05) is 13.0 Å². The van der Waals surface area contributed by atoms with Gasteiger partial charge in [0.15, 0.2) is 0 Å². The van der Waals surface area contributed by atoms with Gasteiger partial charge in [0.1, 0.15) is 5.82 Å². The molecule has 0 saturated carbocycles. The Hall–Kier alpha value is -0.890. The van der Waals surface area contributed by atoms with Crippen LogP contribution in [0.1, 0.15) is 38.8 Å². The summed E-state index contributed by atoms with van der Waals surface area (Å²) >= 11 is 0. The number of halogens is 1. The van der Waals surface area contributed by atoms with Gasteiger partial charge in [-0.3, -0.25) is 0 Å². The van der Waals surface area contributed by atoms with Gasteiger partial charge in [-0.25, -0.2) is 4.39 Å². The Morgan fingerprint density at radius 2 is 1.94 bits per heavy atom. The second kappa shape index (κ2) is 5.63. The maximum atomic E-state index is 13.1. The first-order valence-corrected chi connectivity index (χ1v) is 6.33. The minimum atomic E-state index is -0.151. The summed E-state index contributed by atoms with van der Waals surface area (Å²) in [5.74, 6) is -0.151. The van der Waals surface area contributed by atoms with Crippen molar-refractivity contribution >= 4 is 0 Å². The summed E-state index contributed by atoms with van der Waals surface area (Å²) in [6, 6.07) is 5.48. The molecule has 0 amide bonds. The monoisotopic (exact) mass is 237 g/mol. The standard InChI is InChI=1S/C15H24FN/c1-6-17-14(15(3,4)5)10-12-7-8-13(16)9-11(12)2/h7-9,14,17H,6,10H2,1-5H3. The highest BCUT2D eigenvalue weighted by Gasteiger charge is 2.24. The Labute approximate surface area is 104 Å². The maximum Gasteiger partial charge on any atom is 0.123 e. The second-order valence-corrected chi connectivity index (χ2v) is 5.75.